The molecule has 71 heavy (non-hydrogen) atoms. The molecule has 2 aromatic carbocycles. The molecule has 5 rings (SSSR count). The minimum absolute atomic E-state index is 0.183. The van der Waals surface area contributed by atoms with E-state index in [4.69, 9.17) is 37.9 Å². The third-order valence-electron chi connectivity index (χ3n) is 15.8. The van der Waals surface area contributed by atoms with Crippen molar-refractivity contribution >= 4 is 17.7 Å². The molecule has 3 aliphatic rings. The summed E-state index contributed by atoms with van der Waals surface area (Å²) in [6.45, 7) is 22.1. The molecule has 0 bridgehead atoms. The number of ether oxygens (including phenoxy) is 8. The van der Waals surface area contributed by atoms with Crippen molar-refractivity contribution in [2.45, 2.75) is 173 Å². The van der Waals surface area contributed by atoms with Gasteiger partial charge in [0.15, 0.2) is 18.5 Å². The summed E-state index contributed by atoms with van der Waals surface area (Å²) in [5, 5.41) is 38.6. The molecule has 18 atom stereocenters. The predicted molar refractivity (Wildman–Crippen MR) is 271 cm³/mol. The normalized spacial score (nSPS) is 38.3. The van der Waals surface area contributed by atoms with Crippen LogP contribution in [0.3, 0.4) is 0 Å². The van der Waals surface area contributed by atoms with Crippen LogP contribution in [0.5, 0.6) is 0 Å². The van der Waals surface area contributed by atoms with E-state index in [-0.39, 0.29) is 48.5 Å². The van der Waals surface area contributed by atoms with Crippen LogP contribution in [0.1, 0.15) is 122 Å². The zero-order valence-electron chi connectivity index (χ0n) is 44.5. The van der Waals surface area contributed by atoms with Crippen LogP contribution in [-0.4, -0.2) is 151 Å². The lowest BCUT2D eigenvalue weighted by Crippen LogP contribution is -2.59. The molecule has 15 nitrogen and oxygen atoms in total. The zero-order valence-corrected chi connectivity index (χ0v) is 44.5. The fourth-order valence-electron chi connectivity index (χ4n) is 11.6. The molecule has 0 spiro atoms. The molecule has 3 heterocycles. The number of rotatable bonds is 16. The van der Waals surface area contributed by atoms with Crippen molar-refractivity contribution in [3.05, 3.63) is 84.4 Å². The minimum atomic E-state index is -1.71. The van der Waals surface area contributed by atoms with E-state index in [0.29, 0.717) is 68.6 Å². The Bertz CT molecular complexity index is 1990. The Balaban J connectivity index is 1.63. The van der Waals surface area contributed by atoms with E-state index in [1.54, 1.807) is 75.6 Å². The number of carbonyl (C=O) groups is 2. The van der Waals surface area contributed by atoms with Gasteiger partial charge in [-0.1, -0.05) is 82.2 Å². The summed E-state index contributed by atoms with van der Waals surface area (Å²) in [6.07, 6.45) is -1.92. The molecular weight excluding hydrogens is 909 g/mol. The van der Waals surface area contributed by atoms with Gasteiger partial charge in [0.25, 0.3) is 0 Å². The van der Waals surface area contributed by atoms with Crippen molar-refractivity contribution in [1.29, 1.82) is 0 Å². The molecule has 0 radical (unpaired) electrons. The van der Waals surface area contributed by atoms with Crippen molar-refractivity contribution in [2.24, 2.45) is 40.7 Å². The van der Waals surface area contributed by atoms with E-state index in [1.165, 1.54) is 0 Å². The highest BCUT2D eigenvalue weighted by atomic mass is 16.7. The van der Waals surface area contributed by atoms with E-state index in [1.807, 2.05) is 60.8 Å². The number of hydrogen-bond acceptors (Lipinski definition) is 15. The molecule has 0 aromatic heterocycles. The summed E-state index contributed by atoms with van der Waals surface area (Å²) in [5.41, 5.74) is -1.46. The van der Waals surface area contributed by atoms with E-state index >= 15 is 0 Å². The second-order valence-electron chi connectivity index (χ2n) is 21.3. The largest absolute Gasteiger partial charge is 0.453 e. The lowest BCUT2D eigenvalue weighted by Gasteiger charge is -2.49. The molecule has 0 amide bonds. The average Bonchev–Trinajstić information content (AvgIpc) is 3.35. The SMILES string of the molecule is C=CCOCC[C@H]1C[C@@H](C)/C(=N\O)[C@H](C)[C@@H](O)[C@](C)(O)[C@@H](CC)OC[C@H](C)C(C[C@H]2C[C@@](C)(OC)[C@@H](OC(=O)c3ccccc3)[C@H](C)O2)[C@H](C)[C@H]1O[C@@H]1O[C@H](C)C[C@H](N(C)C)[C@H]1OC(=O)c1ccccc1. The van der Waals surface area contributed by atoms with Crippen LogP contribution in [-0.2, 0) is 37.9 Å². The van der Waals surface area contributed by atoms with Crippen LogP contribution in [0.4, 0.5) is 0 Å². The van der Waals surface area contributed by atoms with Gasteiger partial charge in [0.05, 0.1) is 66.1 Å². The topological polar surface area (TPSA) is 184 Å². The van der Waals surface area contributed by atoms with Crippen LogP contribution in [0.2, 0.25) is 0 Å². The van der Waals surface area contributed by atoms with Gasteiger partial charge in [-0.2, -0.15) is 0 Å². The Kier molecular flexibility index (Phi) is 21.6. The van der Waals surface area contributed by atoms with Gasteiger partial charge < -0.3 is 58.2 Å². The van der Waals surface area contributed by atoms with Crippen molar-refractivity contribution < 1.29 is 62.9 Å². The number of likely N-dealkylation sites (N-methyl/N-ethyl adjacent to an activating group) is 1. The highest BCUT2D eigenvalue weighted by Gasteiger charge is 2.52. The Labute approximate surface area is 423 Å². The van der Waals surface area contributed by atoms with Gasteiger partial charge in [0.2, 0.25) is 0 Å². The van der Waals surface area contributed by atoms with Gasteiger partial charge in [0, 0.05) is 32.7 Å². The van der Waals surface area contributed by atoms with Gasteiger partial charge in [-0.05, 0) is 128 Å². The van der Waals surface area contributed by atoms with E-state index < -0.39 is 77.9 Å². The monoisotopic (exact) mass is 995 g/mol. The molecule has 0 aliphatic carbocycles. The fourth-order valence-corrected chi connectivity index (χ4v) is 11.6. The van der Waals surface area contributed by atoms with Crippen molar-refractivity contribution in [3.8, 4) is 0 Å². The Hall–Kier alpha value is -3.77. The highest BCUT2D eigenvalue weighted by Crippen LogP contribution is 2.44. The maximum atomic E-state index is 14.0. The van der Waals surface area contributed by atoms with Crippen LogP contribution < -0.4 is 0 Å². The lowest BCUT2D eigenvalue weighted by atomic mass is 9.70. The number of aliphatic hydroxyl groups is 2. The molecule has 398 valence electrons. The zero-order chi connectivity index (χ0) is 52.2. The smallest absolute Gasteiger partial charge is 0.338 e. The Morgan fingerprint density at radius 2 is 1.54 bits per heavy atom. The summed E-state index contributed by atoms with van der Waals surface area (Å²) >= 11 is 0. The lowest BCUT2D eigenvalue weighted by molar-refractivity contribution is -0.283. The third-order valence-corrected chi connectivity index (χ3v) is 15.8. The molecule has 3 aliphatic heterocycles. The second-order valence-corrected chi connectivity index (χ2v) is 21.3. The summed E-state index contributed by atoms with van der Waals surface area (Å²) in [7, 11) is 5.56. The predicted octanol–water partition coefficient (Wildman–Crippen LogP) is 8.37. The molecule has 15 heteroatoms. The molecule has 0 saturated carbocycles. The average molecular weight is 995 g/mol. The number of oxime groups is 1. The van der Waals surface area contributed by atoms with E-state index in [9.17, 15) is 25.0 Å². The van der Waals surface area contributed by atoms with Gasteiger partial charge in [-0.25, -0.2) is 9.59 Å². The van der Waals surface area contributed by atoms with Gasteiger partial charge in [-0.15, -0.1) is 6.58 Å². The third kappa shape index (κ3) is 14.5. The van der Waals surface area contributed by atoms with E-state index in [2.05, 4.69) is 30.5 Å². The number of carbonyl (C=O) groups excluding carboxylic acids is 2. The first-order chi connectivity index (χ1) is 33.7. The Morgan fingerprint density at radius 1 is 0.915 bits per heavy atom. The van der Waals surface area contributed by atoms with Gasteiger partial charge in [-0.3, -0.25) is 0 Å². The maximum Gasteiger partial charge on any atom is 0.338 e. The first kappa shape index (κ1) is 58.1. The highest BCUT2D eigenvalue weighted by molar-refractivity contribution is 5.90. The standard InChI is InChI=1S/C56H86N2O13/c1-14-27-65-28-26-42-29-34(3)47(57-63)38(7)50(59)56(10,62)46(15-2)66-33-35(4)44(31-43-32-55(9,64-13)51(39(8)68-43)71-53(61)41-24-20-17-21-25-41)37(6)48(42)70-54-49(45(58(11)12)30-36(5)67-54)69-52(60)40-22-18-16-19-23-40/h14,16-25,34-39,42-46,48-51,54,59,62-63H,1,15,26-33H2,2-13H3/b57-47+/t34-,35+,36-,37+,38+,39+,42+,43+,44?,45+,46-,48-,49-,50-,51+,54+,55-,56-/m1/s1. The summed E-state index contributed by atoms with van der Waals surface area (Å²) in [6, 6.07) is 17.5. The number of aliphatic hydroxyl groups excluding tert-OH is 1. The first-order valence-corrected chi connectivity index (χ1v) is 25.8. The van der Waals surface area contributed by atoms with Crippen molar-refractivity contribution in [3.63, 3.8) is 0 Å². The summed E-state index contributed by atoms with van der Waals surface area (Å²) < 4.78 is 52.8. The van der Waals surface area contributed by atoms with Gasteiger partial charge >= 0.3 is 11.9 Å². The maximum absolute atomic E-state index is 14.0. The number of benzene rings is 2. The minimum Gasteiger partial charge on any atom is -0.453 e. The number of esters is 2. The van der Waals surface area contributed by atoms with Crippen LogP contribution >= 0.6 is 0 Å². The Morgan fingerprint density at radius 3 is 2.10 bits per heavy atom. The quantitative estimate of drug-likeness (QED) is 0.0479. The number of hydrogen-bond donors (Lipinski definition) is 3. The molecule has 2 aromatic rings. The summed E-state index contributed by atoms with van der Waals surface area (Å²) in [4.78, 5) is 29.5. The molecule has 3 fully saturated rings. The fraction of sp³-hybridized carbons (Fsp3) is 0.696. The van der Waals surface area contributed by atoms with Crippen molar-refractivity contribution in [1.82, 2.24) is 4.90 Å². The molecule has 3 saturated heterocycles. The molecular formula is C56H86N2O13. The first-order valence-electron chi connectivity index (χ1n) is 25.8. The number of methoxy groups -OCH3 is 1. The van der Waals surface area contributed by atoms with Crippen LogP contribution in [0.15, 0.2) is 78.5 Å². The van der Waals surface area contributed by atoms with Gasteiger partial charge in [0.1, 0.15) is 11.2 Å². The summed E-state index contributed by atoms with van der Waals surface area (Å²) in [5.74, 6) is -3.10. The van der Waals surface area contributed by atoms with Crippen LogP contribution in [0, 0.1) is 35.5 Å². The van der Waals surface area contributed by atoms with E-state index in [0.717, 1.165) is 0 Å². The van der Waals surface area contributed by atoms with Crippen LogP contribution in [0.25, 0.3) is 0 Å². The molecule has 3 N–H and O–H groups in total. The second kappa shape index (κ2) is 26.4. The van der Waals surface area contributed by atoms with Crippen molar-refractivity contribution in [2.75, 3.05) is 41.0 Å². The molecule has 1 unspecified atom stereocenters. The number of nitrogens with zero attached hydrogens (tertiary/aromatic N) is 2.